The van der Waals surface area contributed by atoms with E-state index >= 15 is 0 Å². The van der Waals surface area contributed by atoms with Gasteiger partial charge in [0.2, 0.25) is 0 Å². The van der Waals surface area contributed by atoms with Crippen molar-refractivity contribution < 1.29 is 4.74 Å². The van der Waals surface area contributed by atoms with Crippen molar-refractivity contribution in [2.45, 2.75) is 12.7 Å². The second kappa shape index (κ2) is 4.05. The van der Waals surface area contributed by atoms with Crippen LogP contribution < -0.4 is 5.32 Å². The average Bonchev–Trinajstić information content (AvgIpc) is 2.05. The second-order valence-electron chi connectivity index (χ2n) is 3.06. The molecule has 2 rings (SSSR count). The molecule has 0 radical (unpaired) electrons. The Morgan fingerprint density at radius 1 is 1.62 bits per heavy atom. The fourth-order valence-corrected chi connectivity index (χ4v) is 1.28. The number of halogens is 1. The van der Waals surface area contributed by atoms with Gasteiger partial charge in [0.25, 0.3) is 0 Å². The molecular formula is C9H11ClN2O. The molecule has 13 heavy (non-hydrogen) atoms. The molecule has 1 saturated heterocycles. The fraction of sp³-hybridized carbons (Fsp3) is 0.444. The van der Waals surface area contributed by atoms with Gasteiger partial charge in [-0.25, -0.2) is 0 Å². The zero-order chi connectivity index (χ0) is 9.10. The summed E-state index contributed by atoms with van der Waals surface area (Å²) in [6.07, 6.45) is 3.72. The Balaban J connectivity index is 1.89. The summed E-state index contributed by atoms with van der Waals surface area (Å²) in [4.78, 5) is 3.91. The van der Waals surface area contributed by atoms with Crippen LogP contribution in [0.4, 0.5) is 0 Å². The molecule has 2 heterocycles. The van der Waals surface area contributed by atoms with Crippen LogP contribution >= 0.6 is 11.6 Å². The van der Waals surface area contributed by atoms with Crippen molar-refractivity contribution in [2.75, 3.05) is 13.1 Å². The van der Waals surface area contributed by atoms with E-state index in [0.717, 1.165) is 18.7 Å². The summed E-state index contributed by atoms with van der Waals surface area (Å²) in [5.74, 6) is 0. The normalized spacial score (nSPS) is 17.0. The molecule has 0 bridgehead atoms. The van der Waals surface area contributed by atoms with E-state index in [0.29, 0.717) is 17.7 Å². The van der Waals surface area contributed by atoms with Gasteiger partial charge < -0.3 is 10.1 Å². The molecule has 1 N–H and O–H groups in total. The number of hydrogen-bond acceptors (Lipinski definition) is 3. The SMILES string of the molecule is Clc1cnccc1COC1CNC1. The van der Waals surface area contributed by atoms with Gasteiger partial charge >= 0.3 is 0 Å². The third-order valence-corrected chi connectivity index (χ3v) is 2.42. The van der Waals surface area contributed by atoms with Gasteiger partial charge in [0.05, 0.1) is 17.7 Å². The molecule has 3 nitrogen and oxygen atoms in total. The molecule has 1 aromatic rings. The standard InChI is InChI=1S/C9H11ClN2O/c10-9-5-11-2-1-7(9)6-13-8-3-12-4-8/h1-2,5,8,12H,3-4,6H2. The minimum Gasteiger partial charge on any atom is -0.371 e. The van der Waals surface area contributed by atoms with E-state index in [2.05, 4.69) is 10.3 Å². The van der Waals surface area contributed by atoms with Gasteiger partial charge in [0, 0.05) is 25.5 Å². The Bertz CT molecular complexity index is 289. The van der Waals surface area contributed by atoms with Crippen LogP contribution in [-0.4, -0.2) is 24.2 Å². The maximum absolute atomic E-state index is 5.91. The summed E-state index contributed by atoms with van der Waals surface area (Å²) < 4.78 is 5.57. The van der Waals surface area contributed by atoms with Crippen molar-refractivity contribution in [3.8, 4) is 0 Å². The largest absolute Gasteiger partial charge is 0.371 e. The number of rotatable bonds is 3. The van der Waals surface area contributed by atoms with Crippen molar-refractivity contribution in [2.24, 2.45) is 0 Å². The smallest absolute Gasteiger partial charge is 0.0828 e. The Morgan fingerprint density at radius 2 is 2.46 bits per heavy atom. The minimum absolute atomic E-state index is 0.351. The Hall–Kier alpha value is -0.640. The predicted octanol–water partition coefficient (Wildman–Crippen LogP) is 1.22. The van der Waals surface area contributed by atoms with Crippen molar-refractivity contribution in [3.63, 3.8) is 0 Å². The third kappa shape index (κ3) is 2.18. The summed E-state index contributed by atoms with van der Waals surface area (Å²) in [6, 6.07) is 1.88. The predicted molar refractivity (Wildman–Crippen MR) is 50.7 cm³/mol. The molecule has 0 amide bonds. The molecule has 4 heteroatoms. The molecule has 0 aliphatic carbocycles. The lowest BCUT2D eigenvalue weighted by Crippen LogP contribution is -2.48. The monoisotopic (exact) mass is 198 g/mol. The molecule has 1 fully saturated rings. The van der Waals surface area contributed by atoms with Gasteiger partial charge in [-0.1, -0.05) is 11.6 Å². The highest BCUT2D eigenvalue weighted by Gasteiger charge is 2.17. The highest BCUT2D eigenvalue weighted by atomic mass is 35.5. The number of ether oxygens (including phenoxy) is 1. The minimum atomic E-state index is 0.351. The summed E-state index contributed by atoms with van der Waals surface area (Å²) in [5, 5.41) is 3.82. The van der Waals surface area contributed by atoms with Crippen LogP contribution in [0.2, 0.25) is 5.02 Å². The lowest BCUT2D eigenvalue weighted by atomic mass is 10.2. The molecule has 0 atom stereocenters. The highest BCUT2D eigenvalue weighted by Crippen LogP contribution is 2.15. The molecule has 0 spiro atoms. The van der Waals surface area contributed by atoms with E-state index in [1.54, 1.807) is 12.4 Å². The van der Waals surface area contributed by atoms with Crippen LogP contribution in [0.3, 0.4) is 0 Å². The Labute approximate surface area is 82.1 Å². The maximum atomic E-state index is 5.91. The van der Waals surface area contributed by atoms with Gasteiger partial charge in [0.15, 0.2) is 0 Å². The van der Waals surface area contributed by atoms with E-state index in [1.165, 1.54) is 0 Å². The van der Waals surface area contributed by atoms with Gasteiger partial charge in [-0.15, -0.1) is 0 Å². The first-order valence-electron chi connectivity index (χ1n) is 4.27. The van der Waals surface area contributed by atoms with Gasteiger partial charge in [0.1, 0.15) is 0 Å². The van der Waals surface area contributed by atoms with Gasteiger partial charge in [-0.3, -0.25) is 4.98 Å². The maximum Gasteiger partial charge on any atom is 0.0828 e. The zero-order valence-electron chi connectivity index (χ0n) is 7.16. The van der Waals surface area contributed by atoms with E-state index < -0.39 is 0 Å². The third-order valence-electron chi connectivity index (χ3n) is 2.07. The van der Waals surface area contributed by atoms with E-state index in [9.17, 15) is 0 Å². The van der Waals surface area contributed by atoms with Crippen molar-refractivity contribution in [1.29, 1.82) is 0 Å². The number of aromatic nitrogens is 1. The van der Waals surface area contributed by atoms with Gasteiger partial charge in [-0.05, 0) is 11.6 Å². The van der Waals surface area contributed by atoms with Crippen LogP contribution in [0.15, 0.2) is 18.5 Å². The number of pyridine rings is 1. The lowest BCUT2D eigenvalue weighted by molar-refractivity contribution is 0.00759. The lowest BCUT2D eigenvalue weighted by Gasteiger charge is -2.27. The van der Waals surface area contributed by atoms with E-state index in [1.807, 2.05) is 6.07 Å². The topological polar surface area (TPSA) is 34.1 Å². The number of nitrogens with one attached hydrogen (secondary N) is 1. The fourth-order valence-electron chi connectivity index (χ4n) is 1.11. The van der Waals surface area contributed by atoms with Crippen LogP contribution in [-0.2, 0) is 11.3 Å². The molecular weight excluding hydrogens is 188 g/mol. The average molecular weight is 199 g/mol. The first-order chi connectivity index (χ1) is 6.36. The molecule has 1 aromatic heterocycles. The highest BCUT2D eigenvalue weighted by molar-refractivity contribution is 6.31. The van der Waals surface area contributed by atoms with E-state index in [4.69, 9.17) is 16.3 Å². The Morgan fingerprint density at radius 3 is 3.08 bits per heavy atom. The molecule has 0 aromatic carbocycles. The first kappa shape index (κ1) is 8.94. The quantitative estimate of drug-likeness (QED) is 0.793. The Kier molecular flexibility index (Phi) is 2.78. The van der Waals surface area contributed by atoms with Crippen LogP contribution in [0, 0.1) is 0 Å². The second-order valence-corrected chi connectivity index (χ2v) is 3.47. The van der Waals surface area contributed by atoms with Crippen molar-refractivity contribution >= 4 is 11.6 Å². The van der Waals surface area contributed by atoms with Crippen molar-refractivity contribution in [1.82, 2.24) is 10.3 Å². The summed E-state index contributed by atoms with van der Waals surface area (Å²) in [6.45, 7) is 2.47. The van der Waals surface area contributed by atoms with Crippen molar-refractivity contribution in [3.05, 3.63) is 29.0 Å². The molecule has 0 saturated carbocycles. The van der Waals surface area contributed by atoms with Crippen LogP contribution in [0.1, 0.15) is 5.56 Å². The zero-order valence-corrected chi connectivity index (χ0v) is 7.92. The number of nitrogens with zero attached hydrogens (tertiary/aromatic N) is 1. The molecule has 1 aliphatic heterocycles. The number of hydrogen-bond donors (Lipinski definition) is 1. The first-order valence-corrected chi connectivity index (χ1v) is 4.65. The molecule has 1 aliphatic rings. The molecule has 70 valence electrons. The van der Waals surface area contributed by atoms with Crippen LogP contribution in [0.5, 0.6) is 0 Å². The molecule has 0 unspecified atom stereocenters. The van der Waals surface area contributed by atoms with E-state index in [-0.39, 0.29) is 0 Å². The summed E-state index contributed by atoms with van der Waals surface area (Å²) in [5.41, 5.74) is 1.00. The summed E-state index contributed by atoms with van der Waals surface area (Å²) in [7, 11) is 0. The van der Waals surface area contributed by atoms with Gasteiger partial charge in [-0.2, -0.15) is 0 Å². The van der Waals surface area contributed by atoms with Crippen LogP contribution in [0.25, 0.3) is 0 Å². The summed E-state index contributed by atoms with van der Waals surface area (Å²) >= 11 is 5.91.